The summed E-state index contributed by atoms with van der Waals surface area (Å²) in [6.45, 7) is 2.88. The van der Waals surface area contributed by atoms with Gasteiger partial charge in [-0.1, -0.05) is 0 Å². The normalized spacial score (nSPS) is 11.1. The lowest BCUT2D eigenvalue weighted by molar-refractivity contribution is 0.766. The molecule has 0 saturated carbocycles. The number of thiophene rings is 1. The van der Waals surface area contributed by atoms with E-state index in [1.165, 1.54) is 10.4 Å². The molecule has 98 valence electrons. The summed E-state index contributed by atoms with van der Waals surface area (Å²) in [5, 5.41) is 5.31. The SMILES string of the molecule is Cc1cc2c(N(C)Cc3cnn(C)c3)ncnc2s1. The maximum atomic E-state index is 4.42. The minimum absolute atomic E-state index is 0.787. The fourth-order valence-electron chi connectivity index (χ4n) is 2.17. The summed E-state index contributed by atoms with van der Waals surface area (Å²) in [7, 11) is 3.97. The van der Waals surface area contributed by atoms with Gasteiger partial charge in [-0.2, -0.15) is 5.10 Å². The zero-order chi connectivity index (χ0) is 13.4. The van der Waals surface area contributed by atoms with E-state index in [0.717, 1.165) is 22.6 Å². The number of aromatic nitrogens is 4. The lowest BCUT2D eigenvalue weighted by Gasteiger charge is -2.17. The largest absolute Gasteiger partial charge is 0.355 e. The third-order valence-corrected chi connectivity index (χ3v) is 3.93. The van der Waals surface area contributed by atoms with Gasteiger partial charge in [0.2, 0.25) is 0 Å². The van der Waals surface area contributed by atoms with Gasteiger partial charge in [0.15, 0.2) is 0 Å². The molecule has 0 atom stereocenters. The van der Waals surface area contributed by atoms with Crippen LogP contribution in [0, 0.1) is 6.92 Å². The van der Waals surface area contributed by atoms with Crippen molar-refractivity contribution in [1.29, 1.82) is 0 Å². The predicted octanol–water partition coefficient (Wildman–Crippen LogP) is 2.37. The number of aryl methyl sites for hydroxylation is 2. The number of fused-ring (bicyclic) bond motifs is 1. The summed E-state index contributed by atoms with van der Waals surface area (Å²) < 4.78 is 1.81. The molecule has 0 spiro atoms. The molecule has 19 heavy (non-hydrogen) atoms. The number of anilines is 1. The van der Waals surface area contributed by atoms with Crippen LogP contribution in [0.5, 0.6) is 0 Å². The molecule has 0 radical (unpaired) electrons. The van der Waals surface area contributed by atoms with Crippen molar-refractivity contribution in [3.63, 3.8) is 0 Å². The summed E-state index contributed by atoms with van der Waals surface area (Å²) in [5.74, 6) is 0.971. The van der Waals surface area contributed by atoms with Crippen molar-refractivity contribution < 1.29 is 0 Å². The molecule has 0 aliphatic carbocycles. The molecule has 0 aromatic carbocycles. The van der Waals surface area contributed by atoms with Gasteiger partial charge < -0.3 is 4.90 Å². The van der Waals surface area contributed by atoms with Crippen molar-refractivity contribution in [2.45, 2.75) is 13.5 Å². The quantitative estimate of drug-likeness (QED) is 0.735. The van der Waals surface area contributed by atoms with Crippen LogP contribution in [-0.4, -0.2) is 26.8 Å². The number of hydrogen-bond acceptors (Lipinski definition) is 5. The van der Waals surface area contributed by atoms with E-state index < -0.39 is 0 Å². The molecule has 0 fully saturated rings. The van der Waals surface area contributed by atoms with Gasteiger partial charge in [0.1, 0.15) is 17.0 Å². The Bertz CT molecular complexity index is 715. The molecule has 0 saturated heterocycles. The zero-order valence-corrected chi connectivity index (χ0v) is 12.0. The Kier molecular flexibility index (Phi) is 2.94. The highest BCUT2D eigenvalue weighted by atomic mass is 32.1. The molecule has 0 N–H and O–H groups in total. The van der Waals surface area contributed by atoms with Crippen LogP contribution in [0.3, 0.4) is 0 Å². The van der Waals surface area contributed by atoms with Crippen molar-refractivity contribution in [2.75, 3.05) is 11.9 Å². The van der Waals surface area contributed by atoms with Gasteiger partial charge in [-0.15, -0.1) is 11.3 Å². The second kappa shape index (κ2) is 4.62. The summed E-state index contributed by atoms with van der Waals surface area (Å²) in [6, 6.07) is 2.15. The van der Waals surface area contributed by atoms with E-state index in [4.69, 9.17) is 0 Å². The first-order valence-electron chi connectivity index (χ1n) is 6.03. The van der Waals surface area contributed by atoms with Gasteiger partial charge in [0.05, 0.1) is 11.6 Å². The van der Waals surface area contributed by atoms with Crippen LogP contribution in [0.25, 0.3) is 10.2 Å². The first-order chi connectivity index (χ1) is 9.13. The summed E-state index contributed by atoms with van der Waals surface area (Å²) >= 11 is 1.70. The van der Waals surface area contributed by atoms with E-state index in [2.05, 4.69) is 33.0 Å². The summed E-state index contributed by atoms with van der Waals surface area (Å²) in [5.41, 5.74) is 1.17. The Hall–Kier alpha value is -1.95. The van der Waals surface area contributed by atoms with Gasteiger partial charge in [0, 0.05) is 37.3 Å². The highest BCUT2D eigenvalue weighted by Crippen LogP contribution is 2.29. The van der Waals surface area contributed by atoms with Gasteiger partial charge >= 0.3 is 0 Å². The maximum Gasteiger partial charge on any atom is 0.140 e. The molecule has 0 bridgehead atoms. The highest BCUT2D eigenvalue weighted by molar-refractivity contribution is 7.18. The minimum atomic E-state index is 0.787. The van der Waals surface area contributed by atoms with E-state index in [0.29, 0.717) is 0 Å². The third-order valence-electron chi connectivity index (χ3n) is 2.97. The first-order valence-corrected chi connectivity index (χ1v) is 6.85. The van der Waals surface area contributed by atoms with Crippen LogP contribution in [0.2, 0.25) is 0 Å². The standard InChI is InChI=1S/C13H15N5S/c1-9-4-11-12(14-8-15-13(11)19-9)17(2)6-10-5-16-18(3)7-10/h4-5,7-8H,6H2,1-3H3. The predicted molar refractivity (Wildman–Crippen MR) is 77.5 cm³/mol. The lowest BCUT2D eigenvalue weighted by atomic mass is 10.3. The van der Waals surface area contributed by atoms with Crippen molar-refractivity contribution >= 4 is 27.4 Å². The van der Waals surface area contributed by atoms with Crippen LogP contribution in [0.15, 0.2) is 24.8 Å². The van der Waals surface area contributed by atoms with Crippen LogP contribution in [0.1, 0.15) is 10.4 Å². The Morgan fingerprint density at radius 1 is 1.37 bits per heavy atom. The second-order valence-corrected chi connectivity index (χ2v) is 5.89. The molecule has 3 aromatic rings. The van der Waals surface area contributed by atoms with Crippen molar-refractivity contribution in [3.05, 3.63) is 35.2 Å². The van der Waals surface area contributed by atoms with E-state index in [9.17, 15) is 0 Å². The molecule has 3 aromatic heterocycles. The van der Waals surface area contributed by atoms with Gasteiger partial charge in [0.25, 0.3) is 0 Å². The molecular formula is C13H15N5S. The van der Waals surface area contributed by atoms with Crippen LogP contribution < -0.4 is 4.90 Å². The van der Waals surface area contributed by atoms with Crippen molar-refractivity contribution in [1.82, 2.24) is 19.7 Å². The Labute approximate surface area is 115 Å². The van der Waals surface area contributed by atoms with Crippen LogP contribution in [-0.2, 0) is 13.6 Å². The molecule has 0 amide bonds. The molecule has 0 aliphatic heterocycles. The second-order valence-electron chi connectivity index (χ2n) is 4.65. The van der Waals surface area contributed by atoms with Gasteiger partial charge in [-0.3, -0.25) is 4.68 Å². The molecule has 0 aliphatic rings. The number of hydrogen-bond donors (Lipinski definition) is 0. The molecule has 3 rings (SSSR count). The molecule has 0 unspecified atom stereocenters. The summed E-state index contributed by atoms with van der Waals surface area (Å²) in [4.78, 5) is 13.2. The molecular weight excluding hydrogens is 258 g/mol. The van der Waals surface area contributed by atoms with Crippen LogP contribution >= 0.6 is 11.3 Å². The summed E-state index contributed by atoms with van der Waals surface area (Å²) in [6.07, 6.45) is 5.54. The van der Waals surface area contributed by atoms with Gasteiger partial charge in [-0.25, -0.2) is 9.97 Å². The molecule has 6 heteroatoms. The maximum absolute atomic E-state index is 4.42. The topological polar surface area (TPSA) is 46.8 Å². The fourth-order valence-corrected chi connectivity index (χ4v) is 3.01. The van der Waals surface area contributed by atoms with Crippen LogP contribution in [0.4, 0.5) is 5.82 Å². The fraction of sp³-hybridized carbons (Fsp3) is 0.308. The number of rotatable bonds is 3. The van der Waals surface area contributed by atoms with E-state index in [1.54, 1.807) is 17.7 Å². The average molecular weight is 273 g/mol. The molecule has 3 heterocycles. The van der Waals surface area contributed by atoms with E-state index in [1.807, 2.05) is 31.2 Å². The zero-order valence-electron chi connectivity index (χ0n) is 11.2. The van der Waals surface area contributed by atoms with E-state index >= 15 is 0 Å². The third kappa shape index (κ3) is 2.31. The highest BCUT2D eigenvalue weighted by Gasteiger charge is 2.11. The average Bonchev–Trinajstić information content (AvgIpc) is 2.93. The monoisotopic (exact) mass is 273 g/mol. The Morgan fingerprint density at radius 2 is 2.21 bits per heavy atom. The lowest BCUT2D eigenvalue weighted by Crippen LogP contribution is -2.17. The Balaban J connectivity index is 1.94. The van der Waals surface area contributed by atoms with Crippen molar-refractivity contribution in [2.24, 2.45) is 7.05 Å². The Morgan fingerprint density at radius 3 is 2.95 bits per heavy atom. The minimum Gasteiger partial charge on any atom is -0.355 e. The van der Waals surface area contributed by atoms with Crippen molar-refractivity contribution in [3.8, 4) is 0 Å². The van der Waals surface area contributed by atoms with Gasteiger partial charge in [-0.05, 0) is 13.0 Å². The smallest absolute Gasteiger partial charge is 0.140 e. The molecule has 5 nitrogen and oxygen atoms in total. The number of nitrogens with zero attached hydrogens (tertiary/aromatic N) is 5. The van der Waals surface area contributed by atoms with E-state index in [-0.39, 0.29) is 0 Å². The first kappa shape index (κ1) is 12.1.